The molecule has 4 nitrogen and oxygen atoms in total. The first-order valence-electron chi connectivity index (χ1n) is 6.11. The van der Waals surface area contributed by atoms with Crippen molar-refractivity contribution in [1.29, 1.82) is 0 Å². The highest BCUT2D eigenvalue weighted by Gasteiger charge is 2.53. The van der Waals surface area contributed by atoms with Gasteiger partial charge in [0.25, 0.3) is 0 Å². The van der Waals surface area contributed by atoms with Gasteiger partial charge in [0.2, 0.25) is 5.91 Å². The highest BCUT2D eigenvalue weighted by atomic mass is 35.5. The van der Waals surface area contributed by atoms with E-state index in [4.69, 9.17) is 16.1 Å². The maximum Gasteiger partial charge on any atom is 0.232 e. The molecule has 0 radical (unpaired) electrons. The molecule has 0 saturated heterocycles. The molecular weight excluding hydrogens is 264 g/mol. The second kappa shape index (κ2) is 4.38. The van der Waals surface area contributed by atoms with Crippen LogP contribution in [0.25, 0.3) is 11.3 Å². The molecular formula is C14H13ClN2O2. The molecule has 1 fully saturated rings. The Hall–Kier alpha value is -1.81. The SMILES string of the molecule is CNC(=O)C1(c2cc(-c3ccc(Cl)cc3)on2)CC1. The molecule has 98 valence electrons. The summed E-state index contributed by atoms with van der Waals surface area (Å²) < 4.78 is 5.34. The van der Waals surface area contributed by atoms with Crippen LogP contribution in [0, 0.1) is 0 Å². The van der Waals surface area contributed by atoms with Gasteiger partial charge in [-0.05, 0) is 37.1 Å². The number of amides is 1. The van der Waals surface area contributed by atoms with Crippen LogP contribution >= 0.6 is 11.6 Å². The minimum absolute atomic E-state index is 0.00320. The van der Waals surface area contributed by atoms with Crippen molar-refractivity contribution in [1.82, 2.24) is 10.5 Å². The third-order valence-electron chi connectivity index (χ3n) is 3.54. The fourth-order valence-corrected chi connectivity index (χ4v) is 2.34. The number of likely N-dealkylation sites (N-methyl/N-ethyl adjacent to an activating group) is 1. The van der Waals surface area contributed by atoms with Gasteiger partial charge in [-0.15, -0.1) is 0 Å². The van der Waals surface area contributed by atoms with E-state index in [2.05, 4.69) is 10.5 Å². The zero-order chi connectivity index (χ0) is 13.5. The molecule has 0 aliphatic heterocycles. The van der Waals surface area contributed by atoms with Crippen molar-refractivity contribution in [3.05, 3.63) is 41.0 Å². The first-order valence-corrected chi connectivity index (χ1v) is 6.49. The van der Waals surface area contributed by atoms with E-state index in [9.17, 15) is 4.79 Å². The predicted molar refractivity (Wildman–Crippen MR) is 71.9 cm³/mol. The number of hydrogen-bond acceptors (Lipinski definition) is 3. The van der Waals surface area contributed by atoms with E-state index in [1.165, 1.54) is 0 Å². The zero-order valence-corrected chi connectivity index (χ0v) is 11.2. The molecule has 1 N–H and O–H groups in total. The van der Waals surface area contributed by atoms with E-state index in [0.717, 1.165) is 18.4 Å². The maximum atomic E-state index is 11.9. The first kappa shape index (κ1) is 12.2. The Morgan fingerprint density at radius 1 is 1.37 bits per heavy atom. The van der Waals surface area contributed by atoms with E-state index in [-0.39, 0.29) is 5.91 Å². The standard InChI is InChI=1S/C14H13ClN2O2/c1-16-13(18)14(6-7-14)12-8-11(19-17-12)9-2-4-10(15)5-3-9/h2-5,8H,6-7H2,1H3,(H,16,18). The van der Waals surface area contributed by atoms with E-state index in [1.807, 2.05) is 18.2 Å². The lowest BCUT2D eigenvalue weighted by Crippen LogP contribution is -2.32. The molecule has 1 aliphatic rings. The van der Waals surface area contributed by atoms with Gasteiger partial charge in [-0.25, -0.2) is 0 Å². The Bertz CT molecular complexity index is 615. The molecule has 0 bridgehead atoms. The van der Waals surface area contributed by atoms with Crippen LogP contribution in [0.3, 0.4) is 0 Å². The predicted octanol–water partition coefficient (Wildman–Crippen LogP) is 2.77. The topological polar surface area (TPSA) is 55.1 Å². The monoisotopic (exact) mass is 276 g/mol. The van der Waals surface area contributed by atoms with Crippen molar-refractivity contribution >= 4 is 17.5 Å². The van der Waals surface area contributed by atoms with Crippen LogP contribution in [0.5, 0.6) is 0 Å². The summed E-state index contributed by atoms with van der Waals surface area (Å²) >= 11 is 5.85. The van der Waals surface area contributed by atoms with E-state index in [0.29, 0.717) is 16.5 Å². The molecule has 1 aromatic carbocycles. The lowest BCUT2D eigenvalue weighted by Gasteiger charge is -2.08. The molecule has 1 saturated carbocycles. The summed E-state index contributed by atoms with van der Waals surface area (Å²) in [5.41, 5.74) is 1.12. The zero-order valence-electron chi connectivity index (χ0n) is 10.4. The third kappa shape index (κ3) is 2.02. The summed E-state index contributed by atoms with van der Waals surface area (Å²) in [6, 6.07) is 9.17. The van der Waals surface area contributed by atoms with Crippen LogP contribution in [0.1, 0.15) is 18.5 Å². The van der Waals surface area contributed by atoms with Gasteiger partial charge in [0, 0.05) is 23.7 Å². The summed E-state index contributed by atoms with van der Waals surface area (Å²) in [5, 5.41) is 7.41. The molecule has 5 heteroatoms. The number of carbonyl (C=O) groups is 1. The molecule has 3 rings (SSSR count). The molecule has 0 spiro atoms. The van der Waals surface area contributed by atoms with Crippen LogP contribution < -0.4 is 5.32 Å². The Morgan fingerprint density at radius 3 is 2.63 bits per heavy atom. The minimum atomic E-state index is -0.483. The van der Waals surface area contributed by atoms with E-state index >= 15 is 0 Å². The fraction of sp³-hybridized carbons (Fsp3) is 0.286. The van der Waals surface area contributed by atoms with Gasteiger partial charge in [0.05, 0.1) is 11.1 Å². The lowest BCUT2D eigenvalue weighted by atomic mass is 10.0. The number of rotatable bonds is 3. The number of nitrogens with one attached hydrogen (secondary N) is 1. The first-order chi connectivity index (χ1) is 9.15. The highest BCUT2D eigenvalue weighted by Crippen LogP contribution is 2.48. The van der Waals surface area contributed by atoms with Gasteiger partial charge in [0.1, 0.15) is 0 Å². The minimum Gasteiger partial charge on any atom is -0.358 e. The number of carbonyl (C=O) groups excluding carboxylic acids is 1. The highest BCUT2D eigenvalue weighted by molar-refractivity contribution is 6.30. The van der Waals surface area contributed by atoms with Gasteiger partial charge in [-0.3, -0.25) is 4.79 Å². The largest absolute Gasteiger partial charge is 0.358 e. The third-order valence-corrected chi connectivity index (χ3v) is 3.79. The molecule has 2 aromatic rings. The number of halogens is 1. The smallest absolute Gasteiger partial charge is 0.232 e. The van der Waals surface area contributed by atoms with Gasteiger partial charge in [-0.1, -0.05) is 16.8 Å². The number of nitrogens with zero attached hydrogens (tertiary/aromatic N) is 1. The van der Waals surface area contributed by atoms with Crippen LogP contribution in [0.15, 0.2) is 34.9 Å². The second-order valence-corrected chi connectivity index (χ2v) is 5.18. The Balaban J connectivity index is 1.92. The molecule has 0 atom stereocenters. The number of hydrogen-bond donors (Lipinski definition) is 1. The Labute approximate surface area is 115 Å². The summed E-state index contributed by atoms with van der Waals surface area (Å²) in [7, 11) is 1.64. The van der Waals surface area contributed by atoms with Gasteiger partial charge >= 0.3 is 0 Å². The number of aromatic nitrogens is 1. The quantitative estimate of drug-likeness (QED) is 0.938. The molecule has 1 aromatic heterocycles. The summed E-state index contributed by atoms with van der Waals surface area (Å²) in [4.78, 5) is 11.9. The second-order valence-electron chi connectivity index (χ2n) is 4.74. The average molecular weight is 277 g/mol. The van der Waals surface area contributed by atoms with Gasteiger partial charge in [0.15, 0.2) is 5.76 Å². The van der Waals surface area contributed by atoms with Crippen molar-refractivity contribution in [3.63, 3.8) is 0 Å². The van der Waals surface area contributed by atoms with Crippen LogP contribution in [0.4, 0.5) is 0 Å². The van der Waals surface area contributed by atoms with E-state index in [1.54, 1.807) is 19.2 Å². The Kier molecular flexibility index (Phi) is 2.82. The van der Waals surface area contributed by atoms with Crippen molar-refractivity contribution < 1.29 is 9.32 Å². The lowest BCUT2D eigenvalue weighted by molar-refractivity contribution is -0.123. The Morgan fingerprint density at radius 2 is 2.05 bits per heavy atom. The molecule has 0 unspecified atom stereocenters. The van der Waals surface area contributed by atoms with Crippen molar-refractivity contribution in [3.8, 4) is 11.3 Å². The van der Waals surface area contributed by atoms with Crippen LogP contribution in [0.2, 0.25) is 5.02 Å². The normalized spacial score (nSPS) is 16.1. The molecule has 1 heterocycles. The van der Waals surface area contributed by atoms with Gasteiger partial charge in [-0.2, -0.15) is 0 Å². The molecule has 1 aliphatic carbocycles. The fourth-order valence-electron chi connectivity index (χ4n) is 2.21. The maximum absolute atomic E-state index is 11.9. The summed E-state index contributed by atoms with van der Waals surface area (Å²) in [6.45, 7) is 0. The van der Waals surface area contributed by atoms with Crippen molar-refractivity contribution in [2.45, 2.75) is 18.3 Å². The van der Waals surface area contributed by atoms with Crippen molar-refractivity contribution in [2.24, 2.45) is 0 Å². The van der Waals surface area contributed by atoms with E-state index < -0.39 is 5.41 Å². The average Bonchev–Trinajstić information content (AvgIpc) is 3.10. The summed E-state index contributed by atoms with van der Waals surface area (Å²) in [6.07, 6.45) is 1.64. The summed E-state index contributed by atoms with van der Waals surface area (Å²) in [5.74, 6) is 0.658. The van der Waals surface area contributed by atoms with Crippen LogP contribution in [-0.2, 0) is 10.2 Å². The number of benzene rings is 1. The van der Waals surface area contributed by atoms with Gasteiger partial charge < -0.3 is 9.84 Å². The molecule has 19 heavy (non-hydrogen) atoms. The molecule has 1 amide bonds. The van der Waals surface area contributed by atoms with Crippen LogP contribution in [-0.4, -0.2) is 18.1 Å². The van der Waals surface area contributed by atoms with Crippen molar-refractivity contribution in [2.75, 3.05) is 7.05 Å².